The molecule has 0 unspecified atom stereocenters. The Morgan fingerprint density at radius 2 is 2.04 bits per heavy atom. The van der Waals surface area contributed by atoms with Crippen LogP contribution in [0.5, 0.6) is 0 Å². The fourth-order valence-electron chi connectivity index (χ4n) is 1.85. The summed E-state index contributed by atoms with van der Waals surface area (Å²) in [6, 6.07) is 9.75. The van der Waals surface area contributed by atoms with Crippen LogP contribution in [-0.4, -0.2) is 22.5 Å². The lowest BCUT2D eigenvalue weighted by molar-refractivity contribution is 0.0494. The van der Waals surface area contributed by atoms with Gasteiger partial charge in [-0.3, -0.25) is 0 Å². The summed E-state index contributed by atoms with van der Waals surface area (Å²) in [7, 11) is 0. The first kappa shape index (κ1) is 17.0. The minimum absolute atomic E-state index is 0.00791. The van der Waals surface area contributed by atoms with Gasteiger partial charge in [-0.05, 0) is 12.0 Å². The summed E-state index contributed by atoms with van der Waals surface area (Å²) >= 11 is 6.07. The number of benzene rings is 1. The molecule has 6 nitrogen and oxygen atoms in total. The number of nitrogens with one attached hydrogen (secondary N) is 1. The molecule has 1 aromatic heterocycles. The van der Waals surface area contributed by atoms with Crippen molar-refractivity contribution in [2.24, 2.45) is 0 Å². The zero-order valence-electron chi connectivity index (χ0n) is 12.9. The predicted molar refractivity (Wildman–Crippen MR) is 90.4 cm³/mol. The zero-order chi connectivity index (χ0) is 16.7. The maximum absolute atomic E-state index is 11.9. The van der Waals surface area contributed by atoms with Gasteiger partial charge in [-0.25, -0.2) is 14.8 Å². The first-order valence-electron chi connectivity index (χ1n) is 7.39. The maximum Gasteiger partial charge on any atom is 0.360 e. The number of rotatable bonds is 7. The SMILES string of the molecule is CCCCOC(=O)c1nc(Cl)c(NCc2ccccc2)nc1N. The molecular formula is C16H19ClN4O2. The second-order valence-electron chi connectivity index (χ2n) is 4.93. The van der Waals surface area contributed by atoms with Crippen LogP contribution in [0.1, 0.15) is 35.8 Å². The highest BCUT2D eigenvalue weighted by molar-refractivity contribution is 6.31. The lowest BCUT2D eigenvalue weighted by Crippen LogP contribution is -2.14. The summed E-state index contributed by atoms with van der Waals surface area (Å²) < 4.78 is 5.07. The molecule has 2 aromatic rings. The number of carbonyl (C=O) groups excluding carboxylic acids is 1. The highest BCUT2D eigenvalue weighted by atomic mass is 35.5. The Balaban J connectivity index is 2.06. The number of aromatic nitrogens is 2. The smallest absolute Gasteiger partial charge is 0.360 e. The standard InChI is InChI=1S/C16H19ClN4O2/c1-2-3-9-23-16(22)12-14(18)21-15(13(17)20-12)19-10-11-7-5-4-6-8-11/h4-8H,2-3,9-10H2,1H3,(H3,18,19,21). The first-order valence-corrected chi connectivity index (χ1v) is 7.77. The number of anilines is 2. The number of nitrogens with two attached hydrogens (primary N) is 1. The molecule has 7 heteroatoms. The van der Waals surface area contributed by atoms with Gasteiger partial charge in [0.05, 0.1) is 6.61 Å². The Hall–Kier alpha value is -2.34. The van der Waals surface area contributed by atoms with E-state index in [0.717, 1.165) is 18.4 Å². The van der Waals surface area contributed by atoms with Gasteiger partial charge >= 0.3 is 5.97 Å². The number of nitrogen functional groups attached to an aromatic ring is 1. The van der Waals surface area contributed by atoms with E-state index in [1.165, 1.54) is 0 Å². The van der Waals surface area contributed by atoms with Gasteiger partial charge in [0, 0.05) is 6.54 Å². The van der Waals surface area contributed by atoms with Gasteiger partial charge in [-0.1, -0.05) is 55.3 Å². The Labute approximate surface area is 140 Å². The molecule has 0 aliphatic heterocycles. The van der Waals surface area contributed by atoms with Gasteiger partial charge in [-0.15, -0.1) is 0 Å². The van der Waals surface area contributed by atoms with Gasteiger partial charge < -0.3 is 15.8 Å². The predicted octanol–water partition coefficient (Wildman–Crippen LogP) is 3.28. The summed E-state index contributed by atoms with van der Waals surface area (Å²) in [5, 5.41) is 3.13. The van der Waals surface area contributed by atoms with Gasteiger partial charge in [0.25, 0.3) is 0 Å². The molecule has 0 saturated carbocycles. The average Bonchev–Trinajstić information content (AvgIpc) is 2.56. The molecule has 0 atom stereocenters. The van der Waals surface area contributed by atoms with Crippen LogP contribution in [0.3, 0.4) is 0 Å². The number of hydrogen-bond acceptors (Lipinski definition) is 6. The van der Waals surface area contributed by atoms with E-state index in [2.05, 4.69) is 15.3 Å². The third-order valence-corrected chi connectivity index (χ3v) is 3.37. The van der Waals surface area contributed by atoms with Crippen molar-refractivity contribution in [3.8, 4) is 0 Å². The second kappa shape index (κ2) is 8.33. The van der Waals surface area contributed by atoms with E-state index in [9.17, 15) is 4.79 Å². The van der Waals surface area contributed by atoms with Crippen molar-refractivity contribution in [1.29, 1.82) is 0 Å². The van der Waals surface area contributed by atoms with Gasteiger partial charge in [-0.2, -0.15) is 0 Å². The molecule has 23 heavy (non-hydrogen) atoms. The number of unbranched alkanes of at least 4 members (excludes halogenated alkanes) is 1. The monoisotopic (exact) mass is 334 g/mol. The Morgan fingerprint density at radius 1 is 1.30 bits per heavy atom. The fourth-order valence-corrected chi connectivity index (χ4v) is 2.04. The third kappa shape index (κ3) is 4.82. The molecule has 0 amide bonds. The summed E-state index contributed by atoms with van der Waals surface area (Å²) in [4.78, 5) is 20.0. The van der Waals surface area contributed by atoms with Gasteiger partial charge in [0.1, 0.15) is 0 Å². The molecule has 0 bridgehead atoms. The van der Waals surface area contributed by atoms with Crippen LogP contribution >= 0.6 is 11.6 Å². The van der Waals surface area contributed by atoms with E-state index in [1.807, 2.05) is 37.3 Å². The maximum atomic E-state index is 11.9. The molecule has 0 aliphatic carbocycles. The normalized spacial score (nSPS) is 10.3. The number of nitrogens with zero attached hydrogens (tertiary/aromatic N) is 2. The largest absolute Gasteiger partial charge is 0.461 e. The van der Waals surface area contributed by atoms with Crippen molar-refractivity contribution in [2.75, 3.05) is 17.7 Å². The van der Waals surface area contributed by atoms with E-state index in [4.69, 9.17) is 22.1 Å². The van der Waals surface area contributed by atoms with Crippen LogP contribution < -0.4 is 11.1 Å². The van der Waals surface area contributed by atoms with Gasteiger partial charge in [0.15, 0.2) is 22.5 Å². The second-order valence-corrected chi connectivity index (χ2v) is 5.28. The lowest BCUT2D eigenvalue weighted by Gasteiger charge is -2.10. The minimum atomic E-state index is -0.611. The number of halogens is 1. The van der Waals surface area contributed by atoms with Crippen molar-refractivity contribution in [3.63, 3.8) is 0 Å². The summed E-state index contributed by atoms with van der Waals surface area (Å²) in [6.45, 7) is 2.85. The molecule has 0 radical (unpaired) electrons. The third-order valence-electron chi connectivity index (χ3n) is 3.11. The van der Waals surface area contributed by atoms with Gasteiger partial charge in [0.2, 0.25) is 0 Å². The minimum Gasteiger partial charge on any atom is -0.461 e. The topological polar surface area (TPSA) is 90.1 Å². The molecular weight excluding hydrogens is 316 g/mol. The molecule has 122 valence electrons. The molecule has 1 aromatic carbocycles. The quantitative estimate of drug-likeness (QED) is 0.596. The summed E-state index contributed by atoms with van der Waals surface area (Å²) in [5.74, 6) is -0.287. The average molecular weight is 335 g/mol. The first-order chi connectivity index (χ1) is 11.1. The van der Waals surface area contributed by atoms with Crippen LogP contribution in [0.25, 0.3) is 0 Å². The van der Waals surface area contributed by atoms with Crippen LogP contribution in [0.4, 0.5) is 11.6 Å². The Kier molecular flexibility index (Phi) is 6.17. The molecule has 0 saturated heterocycles. The zero-order valence-corrected chi connectivity index (χ0v) is 13.6. The van der Waals surface area contributed by atoms with Crippen molar-refractivity contribution in [3.05, 3.63) is 46.7 Å². The molecule has 3 N–H and O–H groups in total. The number of esters is 1. The highest BCUT2D eigenvalue weighted by Gasteiger charge is 2.18. The highest BCUT2D eigenvalue weighted by Crippen LogP contribution is 2.21. The summed E-state index contributed by atoms with van der Waals surface area (Å²) in [6.07, 6.45) is 1.71. The lowest BCUT2D eigenvalue weighted by atomic mass is 10.2. The molecule has 1 heterocycles. The molecule has 2 rings (SSSR count). The van der Waals surface area contributed by atoms with Crippen molar-refractivity contribution in [2.45, 2.75) is 26.3 Å². The summed E-state index contributed by atoms with van der Waals surface area (Å²) in [5.41, 5.74) is 6.79. The Bertz CT molecular complexity index is 665. The van der Waals surface area contributed by atoms with Crippen molar-refractivity contribution < 1.29 is 9.53 Å². The van der Waals surface area contributed by atoms with Crippen LogP contribution in [-0.2, 0) is 11.3 Å². The van der Waals surface area contributed by atoms with Crippen LogP contribution in [0.2, 0.25) is 5.15 Å². The van der Waals surface area contributed by atoms with E-state index >= 15 is 0 Å². The molecule has 0 aliphatic rings. The number of carbonyl (C=O) groups is 1. The van der Waals surface area contributed by atoms with Crippen molar-refractivity contribution >= 4 is 29.2 Å². The van der Waals surface area contributed by atoms with Crippen molar-refractivity contribution in [1.82, 2.24) is 9.97 Å². The Morgan fingerprint density at radius 3 is 2.74 bits per heavy atom. The molecule has 0 fully saturated rings. The van der Waals surface area contributed by atoms with Crippen LogP contribution in [0, 0.1) is 0 Å². The van der Waals surface area contributed by atoms with E-state index in [0.29, 0.717) is 19.0 Å². The molecule has 0 spiro atoms. The number of hydrogen-bond donors (Lipinski definition) is 2. The van der Waals surface area contributed by atoms with E-state index in [1.54, 1.807) is 0 Å². The fraction of sp³-hybridized carbons (Fsp3) is 0.312. The van der Waals surface area contributed by atoms with Crippen LogP contribution in [0.15, 0.2) is 30.3 Å². The number of ether oxygens (including phenoxy) is 1. The van der Waals surface area contributed by atoms with E-state index in [-0.39, 0.29) is 16.7 Å². The van der Waals surface area contributed by atoms with E-state index < -0.39 is 5.97 Å².